The Morgan fingerprint density at radius 1 is 1.00 bits per heavy atom. The zero-order chi connectivity index (χ0) is 21.0. The summed E-state index contributed by atoms with van der Waals surface area (Å²) in [5, 5.41) is 15.8. The van der Waals surface area contributed by atoms with Crippen LogP contribution in [0.2, 0.25) is 0 Å². The number of hydrogen-bond acceptors (Lipinski definition) is 7. The number of benzene rings is 1. The Morgan fingerprint density at radius 3 is 2.60 bits per heavy atom. The number of aromatic nitrogens is 5. The van der Waals surface area contributed by atoms with Crippen molar-refractivity contribution in [3.05, 3.63) is 78.1 Å². The number of nitrogens with one attached hydrogen (secondary N) is 2. The smallest absolute Gasteiger partial charge is 0.240 e. The molecule has 9 nitrogen and oxygen atoms in total. The van der Waals surface area contributed by atoms with Crippen molar-refractivity contribution in [1.82, 2.24) is 29.5 Å². The molecule has 3 heterocycles. The van der Waals surface area contributed by atoms with Gasteiger partial charge in [-0.3, -0.25) is 4.98 Å². The zero-order valence-electron chi connectivity index (χ0n) is 15.7. The Labute approximate surface area is 172 Å². The van der Waals surface area contributed by atoms with E-state index in [-0.39, 0.29) is 17.9 Å². The second kappa shape index (κ2) is 8.51. The maximum Gasteiger partial charge on any atom is 0.240 e. The van der Waals surface area contributed by atoms with E-state index in [1.165, 1.54) is 12.1 Å². The molecule has 1 aromatic carbocycles. The van der Waals surface area contributed by atoms with Gasteiger partial charge in [0.1, 0.15) is 11.6 Å². The summed E-state index contributed by atoms with van der Waals surface area (Å²) in [6.45, 7) is 0.599. The van der Waals surface area contributed by atoms with E-state index in [1.54, 1.807) is 22.8 Å². The van der Waals surface area contributed by atoms with Crippen LogP contribution in [0.15, 0.2) is 65.7 Å². The lowest BCUT2D eigenvalue weighted by molar-refractivity contribution is 0.579. The molecule has 3 aromatic heterocycles. The van der Waals surface area contributed by atoms with Gasteiger partial charge in [0.05, 0.1) is 17.1 Å². The third-order valence-corrected chi connectivity index (χ3v) is 5.75. The number of pyridine rings is 1. The molecule has 0 radical (unpaired) electrons. The minimum atomic E-state index is -3.74. The third kappa shape index (κ3) is 4.58. The van der Waals surface area contributed by atoms with Gasteiger partial charge in [-0.05, 0) is 48.5 Å². The summed E-state index contributed by atoms with van der Waals surface area (Å²) < 4.78 is 41.6. The SMILES string of the molecule is O=S(=O)(NCCc1nnc2ccc(NCc3ccccn3)nn12)c1ccc(F)cc1. The molecular weight excluding hydrogens is 409 g/mol. The second-order valence-corrected chi connectivity index (χ2v) is 8.15. The van der Waals surface area contributed by atoms with Gasteiger partial charge in [0.25, 0.3) is 0 Å². The van der Waals surface area contributed by atoms with Crippen LogP contribution in [0.25, 0.3) is 5.65 Å². The minimum absolute atomic E-state index is 0.00543. The fourth-order valence-electron chi connectivity index (χ4n) is 2.76. The first-order chi connectivity index (χ1) is 14.5. The lowest BCUT2D eigenvalue weighted by Gasteiger charge is -2.07. The quantitative estimate of drug-likeness (QED) is 0.441. The zero-order valence-corrected chi connectivity index (χ0v) is 16.6. The van der Waals surface area contributed by atoms with Crippen LogP contribution in [-0.2, 0) is 23.0 Å². The van der Waals surface area contributed by atoms with E-state index in [4.69, 9.17) is 0 Å². The van der Waals surface area contributed by atoms with Crippen LogP contribution in [0.5, 0.6) is 0 Å². The van der Waals surface area contributed by atoms with Crippen molar-refractivity contribution >= 4 is 21.5 Å². The van der Waals surface area contributed by atoms with Gasteiger partial charge in [0.2, 0.25) is 10.0 Å². The van der Waals surface area contributed by atoms with E-state index in [0.29, 0.717) is 23.8 Å². The fourth-order valence-corrected chi connectivity index (χ4v) is 3.79. The topological polar surface area (TPSA) is 114 Å². The van der Waals surface area contributed by atoms with Crippen LogP contribution in [0, 0.1) is 5.82 Å². The maximum absolute atomic E-state index is 13.0. The van der Waals surface area contributed by atoms with E-state index in [2.05, 4.69) is 30.3 Å². The molecule has 30 heavy (non-hydrogen) atoms. The second-order valence-electron chi connectivity index (χ2n) is 6.38. The molecule has 0 unspecified atom stereocenters. The summed E-state index contributed by atoms with van der Waals surface area (Å²) in [5.41, 5.74) is 1.42. The number of anilines is 1. The van der Waals surface area contributed by atoms with Gasteiger partial charge in [-0.25, -0.2) is 17.5 Å². The van der Waals surface area contributed by atoms with E-state index >= 15 is 0 Å². The van der Waals surface area contributed by atoms with Crippen molar-refractivity contribution in [2.75, 3.05) is 11.9 Å². The number of halogens is 1. The molecule has 0 fully saturated rings. The van der Waals surface area contributed by atoms with Crippen LogP contribution < -0.4 is 10.0 Å². The molecule has 4 aromatic rings. The molecule has 0 aliphatic rings. The Bertz CT molecular complexity index is 1250. The molecule has 0 spiro atoms. The van der Waals surface area contributed by atoms with E-state index in [1.807, 2.05) is 18.2 Å². The van der Waals surface area contributed by atoms with Crippen molar-refractivity contribution in [3.8, 4) is 0 Å². The molecule has 2 N–H and O–H groups in total. The van der Waals surface area contributed by atoms with E-state index < -0.39 is 15.8 Å². The summed E-state index contributed by atoms with van der Waals surface area (Å²) in [5.74, 6) is 0.622. The predicted molar refractivity (Wildman–Crippen MR) is 108 cm³/mol. The molecule has 11 heteroatoms. The summed E-state index contributed by atoms with van der Waals surface area (Å²) in [6.07, 6.45) is 2.00. The monoisotopic (exact) mass is 427 g/mol. The van der Waals surface area contributed by atoms with Crippen LogP contribution >= 0.6 is 0 Å². The number of rotatable bonds is 8. The molecule has 4 rings (SSSR count). The summed E-state index contributed by atoms with van der Waals surface area (Å²) >= 11 is 0. The Balaban J connectivity index is 1.42. The molecule has 0 saturated heterocycles. The standard InChI is InChI=1S/C19H18FN7O2S/c20-14-4-6-16(7-5-14)30(28,29)23-12-10-19-25-24-18-9-8-17(26-27(18)19)22-13-15-3-1-2-11-21-15/h1-9,11,23H,10,12-13H2,(H,22,26). The first kappa shape index (κ1) is 19.9. The highest BCUT2D eigenvalue weighted by Crippen LogP contribution is 2.11. The van der Waals surface area contributed by atoms with Crippen molar-refractivity contribution in [1.29, 1.82) is 0 Å². The summed E-state index contributed by atoms with van der Waals surface area (Å²) in [4.78, 5) is 4.24. The highest BCUT2D eigenvalue weighted by molar-refractivity contribution is 7.89. The first-order valence-corrected chi connectivity index (χ1v) is 10.6. The fraction of sp³-hybridized carbons (Fsp3) is 0.158. The number of nitrogens with zero attached hydrogens (tertiary/aromatic N) is 5. The maximum atomic E-state index is 13.0. The molecule has 0 atom stereocenters. The molecule has 0 amide bonds. The number of sulfonamides is 1. The highest BCUT2D eigenvalue weighted by Gasteiger charge is 2.15. The van der Waals surface area contributed by atoms with E-state index in [9.17, 15) is 12.8 Å². The van der Waals surface area contributed by atoms with Gasteiger partial charge in [0, 0.05) is 19.2 Å². The van der Waals surface area contributed by atoms with E-state index in [0.717, 1.165) is 17.8 Å². The van der Waals surface area contributed by atoms with Crippen LogP contribution in [0.1, 0.15) is 11.5 Å². The van der Waals surface area contributed by atoms with Gasteiger partial charge in [-0.2, -0.15) is 4.52 Å². The predicted octanol–water partition coefficient (Wildman–Crippen LogP) is 1.79. The number of fused-ring (bicyclic) bond motifs is 1. The van der Waals surface area contributed by atoms with Crippen molar-refractivity contribution < 1.29 is 12.8 Å². The summed E-state index contributed by atoms with van der Waals surface area (Å²) in [6, 6.07) is 13.8. The van der Waals surface area contributed by atoms with Crippen molar-refractivity contribution in [2.45, 2.75) is 17.9 Å². The van der Waals surface area contributed by atoms with Crippen LogP contribution in [0.3, 0.4) is 0 Å². The van der Waals surface area contributed by atoms with Crippen molar-refractivity contribution in [2.24, 2.45) is 0 Å². The highest BCUT2D eigenvalue weighted by atomic mass is 32.2. The Kier molecular flexibility index (Phi) is 5.63. The van der Waals surface area contributed by atoms with Gasteiger partial charge >= 0.3 is 0 Å². The molecule has 0 saturated carbocycles. The Morgan fingerprint density at radius 2 is 1.83 bits per heavy atom. The molecular formula is C19H18FN7O2S. The molecule has 154 valence electrons. The minimum Gasteiger partial charge on any atom is -0.363 e. The lowest BCUT2D eigenvalue weighted by Crippen LogP contribution is -2.26. The first-order valence-electron chi connectivity index (χ1n) is 9.12. The van der Waals surface area contributed by atoms with Crippen LogP contribution in [0.4, 0.5) is 10.2 Å². The summed E-state index contributed by atoms with van der Waals surface area (Å²) in [7, 11) is -3.74. The molecule has 0 aliphatic carbocycles. The van der Waals surface area contributed by atoms with Gasteiger partial charge in [-0.15, -0.1) is 15.3 Å². The van der Waals surface area contributed by atoms with Gasteiger partial charge in [0.15, 0.2) is 11.5 Å². The van der Waals surface area contributed by atoms with Crippen LogP contribution in [-0.4, -0.2) is 39.8 Å². The average Bonchev–Trinajstić information content (AvgIpc) is 3.15. The van der Waals surface area contributed by atoms with Gasteiger partial charge < -0.3 is 5.32 Å². The normalized spacial score (nSPS) is 11.6. The lowest BCUT2D eigenvalue weighted by atomic mass is 10.3. The molecule has 0 aliphatic heterocycles. The third-order valence-electron chi connectivity index (χ3n) is 4.27. The molecule has 0 bridgehead atoms. The van der Waals surface area contributed by atoms with Gasteiger partial charge in [-0.1, -0.05) is 6.07 Å². The Hall–Kier alpha value is -3.44. The largest absolute Gasteiger partial charge is 0.363 e. The van der Waals surface area contributed by atoms with Crippen molar-refractivity contribution in [3.63, 3.8) is 0 Å². The average molecular weight is 427 g/mol. The number of hydrogen-bond donors (Lipinski definition) is 2.